The molecule has 1 aliphatic carbocycles. The lowest BCUT2D eigenvalue weighted by Gasteiger charge is -2.21. The summed E-state index contributed by atoms with van der Waals surface area (Å²) in [6.45, 7) is 4.68. The summed E-state index contributed by atoms with van der Waals surface area (Å²) in [6, 6.07) is 64.0. The SMILES string of the molecule is CC1(C)c2ccccc2-c2cc3c4ccccc4n(-c4ccc(-c5nc(-c6ccccc6)nc(-c6cccc(-c7ccccc7)c6)n5)c5c4oc4ccccc45)c3cc21. The highest BCUT2D eigenvalue weighted by atomic mass is 16.3. The van der Waals surface area contributed by atoms with Crippen LogP contribution in [0.1, 0.15) is 25.0 Å². The second-order valence-electron chi connectivity index (χ2n) is 16.0. The van der Waals surface area contributed by atoms with Gasteiger partial charge in [-0.2, -0.15) is 0 Å². The molecule has 59 heavy (non-hydrogen) atoms. The fourth-order valence-electron chi connectivity index (χ4n) is 9.41. The predicted molar refractivity (Wildman–Crippen MR) is 241 cm³/mol. The molecule has 0 aliphatic heterocycles. The van der Waals surface area contributed by atoms with Gasteiger partial charge in [0.2, 0.25) is 0 Å². The molecule has 11 aromatic rings. The summed E-state index contributed by atoms with van der Waals surface area (Å²) in [5.41, 5.74) is 14.9. The van der Waals surface area contributed by atoms with Crippen LogP contribution < -0.4 is 0 Å². The lowest BCUT2D eigenvalue weighted by Crippen LogP contribution is -2.15. The molecule has 0 atom stereocenters. The van der Waals surface area contributed by atoms with Crippen molar-refractivity contribution in [3.63, 3.8) is 0 Å². The van der Waals surface area contributed by atoms with Crippen LogP contribution >= 0.6 is 0 Å². The molecular formula is C54H36N4O. The van der Waals surface area contributed by atoms with Crippen molar-refractivity contribution in [3.8, 4) is 62.1 Å². The third kappa shape index (κ3) is 5.08. The summed E-state index contributed by atoms with van der Waals surface area (Å²) in [5, 5.41) is 4.39. The molecule has 0 radical (unpaired) electrons. The second kappa shape index (κ2) is 12.7. The van der Waals surface area contributed by atoms with Gasteiger partial charge in [-0.1, -0.05) is 153 Å². The van der Waals surface area contributed by atoms with E-state index < -0.39 is 0 Å². The predicted octanol–water partition coefficient (Wildman–Crippen LogP) is 13.8. The maximum atomic E-state index is 6.95. The number of aromatic nitrogens is 4. The van der Waals surface area contributed by atoms with E-state index in [4.69, 9.17) is 19.4 Å². The topological polar surface area (TPSA) is 56.7 Å². The van der Waals surface area contributed by atoms with E-state index in [2.05, 4.69) is 152 Å². The summed E-state index contributed by atoms with van der Waals surface area (Å²) < 4.78 is 9.34. The zero-order chi connectivity index (χ0) is 39.2. The first-order valence-corrected chi connectivity index (χ1v) is 20.1. The number of rotatable bonds is 5. The Morgan fingerprint density at radius 3 is 1.90 bits per heavy atom. The quantitative estimate of drug-likeness (QED) is 0.175. The largest absolute Gasteiger partial charge is 0.454 e. The number of nitrogens with zero attached hydrogens (tertiary/aromatic N) is 4. The number of furan rings is 1. The van der Waals surface area contributed by atoms with Crippen LogP contribution in [0.25, 0.3) is 106 Å². The molecule has 0 saturated heterocycles. The van der Waals surface area contributed by atoms with Gasteiger partial charge >= 0.3 is 0 Å². The summed E-state index contributed by atoms with van der Waals surface area (Å²) in [5.74, 6) is 1.80. The van der Waals surface area contributed by atoms with Crippen molar-refractivity contribution >= 4 is 43.7 Å². The van der Waals surface area contributed by atoms with Crippen molar-refractivity contribution in [1.82, 2.24) is 19.5 Å². The first kappa shape index (κ1) is 33.5. The number of hydrogen-bond donors (Lipinski definition) is 0. The van der Waals surface area contributed by atoms with E-state index in [1.165, 1.54) is 33.0 Å². The molecule has 0 amide bonds. The molecule has 12 rings (SSSR count). The van der Waals surface area contributed by atoms with Gasteiger partial charge in [-0.15, -0.1) is 0 Å². The maximum Gasteiger partial charge on any atom is 0.164 e. The second-order valence-corrected chi connectivity index (χ2v) is 16.0. The summed E-state index contributed by atoms with van der Waals surface area (Å²) in [6.07, 6.45) is 0. The number of para-hydroxylation sites is 2. The molecule has 0 N–H and O–H groups in total. The highest BCUT2D eigenvalue weighted by molar-refractivity contribution is 6.17. The standard InChI is InChI=1S/C54H36N4O/c1-54(2)43-25-12-9-22-37(43)41-31-42-38-23-10-13-26-45(38)58(47(42)32-44(41)54)46-29-28-40(49-39-24-11-14-27-48(39)59-50(46)49)53-56-51(34-18-7-4-8-19-34)55-52(57-53)36-21-15-20-35(30-36)33-16-5-3-6-17-33/h3-32H,1-2H3. The van der Waals surface area contributed by atoms with Gasteiger partial charge in [0.1, 0.15) is 5.58 Å². The molecule has 0 spiro atoms. The van der Waals surface area contributed by atoms with E-state index >= 15 is 0 Å². The molecule has 0 bridgehead atoms. The van der Waals surface area contributed by atoms with Crippen molar-refractivity contribution < 1.29 is 4.42 Å². The average Bonchev–Trinajstić information content (AvgIpc) is 3.92. The molecule has 5 heteroatoms. The minimum absolute atomic E-state index is 0.145. The molecule has 3 heterocycles. The Hall–Kier alpha value is -7.63. The number of fused-ring (bicyclic) bond motifs is 9. The van der Waals surface area contributed by atoms with Crippen molar-refractivity contribution in [2.75, 3.05) is 0 Å². The van der Waals surface area contributed by atoms with Crippen LogP contribution in [0.4, 0.5) is 0 Å². The van der Waals surface area contributed by atoms with Gasteiger partial charge in [0.15, 0.2) is 23.1 Å². The Morgan fingerprint density at radius 2 is 1.07 bits per heavy atom. The molecule has 0 unspecified atom stereocenters. The van der Waals surface area contributed by atoms with Gasteiger partial charge in [-0.3, -0.25) is 0 Å². The van der Waals surface area contributed by atoms with Crippen LogP contribution in [0.2, 0.25) is 0 Å². The third-order valence-electron chi connectivity index (χ3n) is 12.3. The van der Waals surface area contributed by atoms with Crippen LogP contribution in [0.3, 0.4) is 0 Å². The molecule has 1 aliphatic rings. The lowest BCUT2D eigenvalue weighted by atomic mass is 9.82. The first-order chi connectivity index (χ1) is 29.0. The molecule has 8 aromatic carbocycles. The molecule has 0 saturated carbocycles. The summed E-state index contributed by atoms with van der Waals surface area (Å²) in [4.78, 5) is 15.6. The smallest absolute Gasteiger partial charge is 0.164 e. The van der Waals surface area contributed by atoms with Crippen LogP contribution in [0.5, 0.6) is 0 Å². The zero-order valence-electron chi connectivity index (χ0n) is 32.5. The normalized spacial score (nSPS) is 13.1. The summed E-state index contributed by atoms with van der Waals surface area (Å²) in [7, 11) is 0. The van der Waals surface area contributed by atoms with Crippen molar-refractivity contribution in [2.24, 2.45) is 0 Å². The van der Waals surface area contributed by atoms with E-state index in [0.29, 0.717) is 17.5 Å². The Balaban J connectivity index is 1.12. The molecule has 0 fully saturated rings. The van der Waals surface area contributed by atoms with Crippen LogP contribution in [-0.4, -0.2) is 19.5 Å². The fourth-order valence-corrected chi connectivity index (χ4v) is 9.41. The van der Waals surface area contributed by atoms with Crippen molar-refractivity contribution in [1.29, 1.82) is 0 Å². The zero-order valence-corrected chi connectivity index (χ0v) is 32.5. The van der Waals surface area contributed by atoms with E-state index in [1.54, 1.807) is 0 Å². The fraction of sp³-hybridized carbons (Fsp3) is 0.0556. The highest BCUT2D eigenvalue weighted by Crippen LogP contribution is 2.51. The van der Waals surface area contributed by atoms with E-state index in [9.17, 15) is 0 Å². The Morgan fingerprint density at radius 1 is 0.424 bits per heavy atom. The van der Waals surface area contributed by atoms with Crippen LogP contribution in [0, 0.1) is 0 Å². The molecule has 5 nitrogen and oxygen atoms in total. The Labute approximate surface area is 340 Å². The van der Waals surface area contributed by atoms with Crippen LogP contribution in [-0.2, 0) is 5.41 Å². The molecular weight excluding hydrogens is 721 g/mol. The lowest BCUT2D eigenvalue weighted by molar-refractivity contribution is 0.660. The average molecular weight is 757 g/mol. The van der Waals surface area contributed by atoms with E-state index in [0.717, 1.165) is 66.5 Å². The highest BCUT2D eigenvalue weighted by Gasteiger charge is 2.36. The minimum atomic E-state index is -0.145. The van der Waals surface area contributed by atoms with Crippen molar-refractivity contribution in [2.45, 2.75) is 19.3 Å². The number of benzene rings is 8. The minimum Gasteiger partial charge on any atom is -0.454 e. The van der Waals surface area contributed by atoms with E-state index in [-0.39, 0.29) is 5.41 Å². The number of hydrogen-bond acceptors (Lipinski definition) is 4. The molecule has 278 valence electrons. The van der Waals surface area contributed by atoms with Gasteiger partial charge < -0.3 is 8.98 Å². The Kier molecular flexibility index (Phi) is 7.20. The van der Waals surface area contributed by atoms with Gasteiger partial charge in [-0.05, 0) is 75.8 Å². The third-order valence-corrected chi connectivity index (χ3v) is 12.3. The molecule has 3 aromatic heterocycles. The van der Waals surface area contributed by atoms with Gasteiger partial charge in [0, 0.05) is 43.7 Å². The summed E-state index contributed by atoms with van der Waals surface area (Å²) >= 11 is 0. The van der Waals surface area contributed by atoms with E-state index in [1.807, 2.05) is 48.5 Å². The Bertz CT molecular complexity index is 3470. The first-order valence-electron chi connectivity index (χ1n) is 20.1. The van der Waals surface area contributed by atoms with Crippen molar-refractivity contribution in [3.05, 3.63) is 193 Å². The van der Waals surface area contributed by atoms with Crippen LogP contribution in [0.15, 0.2) is 186 Å². The maximum absolute atomic E-state index is 6.95. The van der Waals surface area contributed by atoms with Gasteiger partial charge in [-0.25, -0.2) is 15.0 Å². The van der Waals surface area contributed by atoms with Gasteiger partial charge in [0.25, 0.3) is 0 Å². The van der Waals surface area contributed by atoms with Gasteiger partial charge in [0.05, 0.1) is 16.7 Å². The monoisotopic (exact) mass is 756 g/mol.